The molecule has 0 aliphatic carbocycles. The Bertz CT molecular complexity index is 628. The predicted octanol–water partition coefficient (Wildman–Crippen LogP) is 2.58. The average Bonchev–Trinajstić information content (AvgIpc) is 2.32. The molecule has 0 aromatic heterocycles. The summed E-state index contributed by atoms with van der Waals surface area (Å²) in [4.78, 5) is 11.5. The third-order valence-electron chi connectivity index (χ3n) is 2.88. The number of nitrogens with one attached hydrogen (secondary N) is 1. The molecule has 1 unspecified atom stereocenters. The zero-order valence-corrected chi connectivity index (χ0v) is 14.1. The normalized spacial score (nSPS) is 13.0. The van der Waals surface area contributed by atoms with Crippen LogP contribution in [0, 0.1) is 13.8 Å². The van der Waals surface area contributed by atoms with Crippen LogP contribution in [-0.2, 0) is 19.6 Å². The fraction of sp³-hybridized carbons (Fsp3) is 0.500. The van der Waals surface area contributed by atoms with E-state index in [0.29, 0.717) is 16.1 Å². The van der Waals surface area contributed by atoms with E-state index < -0.39 is 22.0 Å². The van der Waals surface area contributed by atoms with Gasteiger partial charge in [0.2, 0.25) is 10.0 Å². The number of hydrogen-bond acceptors (Lipinski definition) is 4. The van der Waals surface area contributed by atoms with Crippen molar-refractivity contribution in [1.29, 1.82) is 0 Å². The van der Waals surface area contributed by atoms with Crippen LogP contribution in [0.2, 0.25) is 5.02 Å². The monoisotopic (exact) mass is 333 g/mol. The number of benzene rings is 1. The van der Waals surface area contributed by atoms with Crippen LogP contribution in [0.4, 0.5) is 0 Å². The topological polar surface area (TPSA) is 72.5 Å². The molecule has 7 heteroatoms. The van der Waals surface area contributed by atoms with Crippen molar-refractivity contribution < 1.29 is 17.9 Å². The summed E-state index contributed by atoms with van der Waals surface area (Å²) in [7, 11) is -3.71. The highest BCUT2D eigenvalue weighted by Crippen LogP contribution is 2.24. The first-order valence-corrected chi connectivity index (χ1v) is 8.48. The van der Waals surface area contributed by atoms with Crippen molar-refractivity contribution in [1.82, 2.24) is 4.72 Å². The minimum absolute atomic E-state index is 0.0152. The number of aryl methyl sites for hydroxylation is 2. The Hall–Kier alpha value is -1.11. The number of halogens is 1. The molecule has 0 aliphatic rings. The van der Waals surface area contributed by atoms with Crippen LogP contribution in [0.5, 0.6) is 0 Å². The molecule has 21 heavy (non-hydrogen) atoms. The van der Waals surface area contributed by atoms with Gasteiger partial charge in [-0.2, -0.15) is 0 Å². The molecule has 0 saturated carbocycles. The highest BCUT2D eigenvalue weighted by molar-refractivity contribution is 7.89. The van der Waals surface area contributed by atoms with Crippen molar-refractivity contribution in [2.75, 3.05) is 6.61 Å². The lowest BCUT2D eigenvalue weighted by atomic mass is 10.2. The van der Waals surface area contributed by atoms with Crippen LogP contribution in [-0.4, -0.2) is 27.0 Å². The first kappa shape index (κ1) is 17.9. The summed E-state index contributed by atoms with van der Waals surface area (Å²) in [6.45, 7) is 7.01. The van der Waals surface area contributed by atoms with Crippen LogP contribution < -0.4 is 4.72 Å². The van der Waals surface area contributed by atoms with Gasteiger partial charge in [-0.25, -0.2) is 13.1 Å². The standard InChI is InChI=1S/C14H20ClNO4S/c1-5-20-14(17)8-11(4)16-21(18,19)13-7-9(2)12(15)6-10(13)3/h6-7,11,16H,5,8H2,1-4H3. The van der Waals surface area contributed by atoms with Crippen LogP contribution >= 0.6 is 11.6 Å². The molecule has 1 N–H and O–H groups in total. The van der Waals surface area contributed by atoms with Crippen molar-refractivity contribution in [3.8, 4) is 0 Å². The molecular weight excluding hydrogens is 314 g/mol. The van der Waals surface area contributed by atoms with Gasteiger partial charge >= 0.3 is 5.97 Å². The van der Waals surface area contributed by atoms with Crippen LogP contribution in [0.25, 0.3) is 0 Å². The summed E-state index contributed by atoms with van der Waals surface area (Å²) in [5.41, 5.74) is 1.24. The summed E-state index contributed by atoms with van der Waals surface area (Å²) in [5, 5.41) is 0.519. The van der Waals surface area contributed by atoms with Gasteiger partial charge in [0.15, 0.2) is 0 Å². The average molecular weight is 334 g/mol. The maximum Gasteiger partial charge on any atom is 0.307 e. The maximum absolute atomic E-state index is 12.4. The number of esters is 1. The van der Waals surface area contributed by atoms with Gasteiger partial charge in [0.25, 0.3) is 0 Å². The summed E-state index contributed by atoms with van der Waals surface area (Å²) in [5.74, 6) is -0.434. The van der Waals surface area contributed by atoms with E-state index in [1.807, 2.05) is 0 Å². The van der Waals surface area contributed by atoms with Gasteiger partial charge < -0.3 is 4.74 Å². The summed E-state index contributed by atoms with van der Waals surface area (Å²) in [6, 6.07) is 2.59. The Balaban J connectivity index is 2.92. The van der Waals surface area contributed by atoms with E-state index in [1.54, 1.807) is 33.8 Å². The highest BCUT2D eigenvalue weighted by Gasteiger charge is 2.22. The molecule has 0 aliphatic heterocycles. The molecule has 1 aromatic carbocycles. The molecule has 0 bridgehead atoms. The maximum atomic E-state index is 12.4. The fourth-order valence-electron chi connectivity index (χ4n) is 1.88. The molecule has 118 valence electrons. The van der Waals surface area contributed by atoms with E-state index in [1.165, 1.54) is 6.07 Å². The van der Waals surface area contributed by atoms with E-state index in [2.05, 4.69) is 4.72 Å². The zero-order valence-electron chi connectivity index (χ0n) is 12.6. The Labute approximate surface area is 130 Å². The quantitative estimate of drug-likeness (QED) is 0.812. The lowest BCUT2D eigenvalue weighted by Gasteiger charge is -2.15. The van der Waals surface area contributed by atoms with E-state index in [9.17, 15) is 13.2 Å². The molecule has 0 amide bonds. The number of carbonyl (C=O) groups is 1. The third-order valence-corrected chi connectivity index (χ3v) is 5.02. The number of ether oxygens (including phenoxy) is 1. The molecule has 0 radical (unpaired) electrons. The van der Waals surface area contributed by atoms with Gasteiger partial charge in [0.1, 0.15) is 0 Å². The highest BCUT2D eigenvalue weighted by atomic mass is 35.5. The van der Waals surface area contributed by atoms with E-state index >= 15 is 0 Å². The second-order valence-electron chi connectivity index (χ2n) is 4.90. The van der Waals surface area contributed by atoms with Crippen molar-refractivity contribution in [2.24, 2.45) is 0 Å². The smallest absolute Gasteiger partial charge is 0.307 e. The second kappa shape index (κ2) is 7.24. The van der Waals surface area contributed by atoms with E-state index in [-0.39, 0.29) is 17.9 Å². The Morgan fingerprint density at radius 3 is 2.52 bits per heavy atom. The zero-order chi connectivity index (χ0) is 16.2. The number of carbonyl (C=O) groups excluding carboxylic acids is 1. The van der Waals surface area contributed by atoms with Crippen LogP contribution in [0.3, 0.4) is 0 Å². The summed E-state index contributed by atoms with van der Waals surface area (Å²) < 4.78 is 32.0. The lowest BCUT2D eigenvalue weighted by molar-refractivity contribution is -0.143. The summed E-state index contributed by atoms with van der Waals surface area (Å²) >= 11 is 5.97. The van der Waals surface area contributed by atoms with E-state index in [0.717, 1.165) is 0 Å². The molecule has 1 aromatic rings. The molecule has 5 nitrogen and oxygen atoms in total. The lowest BCUT2D eigenvalue weighted by Crippen LogP contribution is -2.35. The van der Waals surface area contributed by atoms with Gasteiger partial charge in [-0.3, -0.25) is 4.79 Å². The van der Waals surface area contributed by atoms with Crippen molar-refractivity contribution >= 4 is 27.6 Å². The molecule has 0 saturated heterocycles. The minimum atomic E-state index is -3.71. The van der Waals surface area contributed by atoms with Crippen molar-refractivity contribution in [3.05, 3.63) is 28.3 Å². The number of hydrogen-bond donors (Lipinski definition) is 1. The van der Waals surface area contributed by atoms with Gasteiger partial charge in [-0.05, 0) is 51.0 Å². The van der Waals surface area contributed by atoms with Crippen molar-refractivity contribution in [3.63, 3.8) is 0 Å². The Morgan fingerprint density at radius 1 is 1.33 bits per heavy atom. The van der Waals surface area contributed by atoms with Gasteiger partial charge in [-0.1, -0.05) is 11.6 Å². The first-order chi connectivity index (χ1) is 9.67. The van der Waals surface area contributed by atoms with Crippen LogP contribution in [0.1, 0.15) is 31.4 Å². The second-order valence-corrected chi connectivity index (χ2v) is 6.99. The van der Waals surface area contributed by atoms with E-state index in [4.69, 9.17) is 16.3 Å². The number of rotatable bonds is 6. The summed E-state index contributed by atoms with van der Waals surface area (Å²) in [6.07, 6.45) is -0.0152. The Morgan fingerprint density at radius 2 is 1.95 bits per heavy atom. The predicted molar refractivity (Wildman–Crippen MR) is 82.0 cm³/mol. The molecule has 0 fully saturated rings. The number of sulfonamides is 1. The first-order valence-electron chi connectivity index (χ1n) is 6.62. The van der Waals surface area contributed by atoms with Gasteiger partial charge in [-0.15, -0.1) is 0 Å². The van der Waals surface area contributed by atoms with Crippen molar-refractivity contribution in [2.45, 2.75) is 45.1 Å². The molecule has 0 heterocycles. The largest absolute Gasteiger partial charge is 0.466 e. The fourth-order valence-corrected chi connectivity index (χ4v) is 3.66. The minimum Gasteiger partial charge on any atom is -0.466 e. The molecule has 1 atom stereocenters. The molecular formula is C14H20ClNO4S. The molecule has 0 spiro atoms. The Kier molecular flexibility index (Phi) is 6.19. The van der Waals surface area contributed by atoms with Gasteiger partial charge in [0, 0.05) is 11.1 Å². The molecule has 1 rings (SSSR count). The SMILES string of the molecule is CCOC(=O)CC(C)NS(=O)(=O)c1cc(C)c(Cl)cc1C. The van der Waals surface area contributed by atoms with Crippen LogP contribution in [0.15, 0.2) is 17.0 Å². The third kappa shape index (κ3) is 4.98. The van der Waals surface area contributed by atoms with Gasteiger partial charge in [0.05, 0.1) is 17.9 Å².